The second kappa shape index (κ2) is 9.36. The second-order valence-corrected chi connectivity index (χ2v) is 10.1. The lowest BCUT2D eigenvalue weighted by Crippen LogP contribution is -2.45. The number of hydrogen-bond acceptors (Lipinski definition) is 5. The molecular formula is C23H31N3O4S. The molecule has 1 N–H and O–H groups in total. The molecule has 1 saturated heterocycles. The highest BCUT2D eigenvalue weighted by atomic mass is 32.2. The number of carbonyl (C=O) groups is 1. The Morgan fingerprint density at radius 1 is 1.23 bits per heavy atom. The molecule has 3 rings (SSSR count). The first-order chi connectivity index (χ1) is 14.6. The van der Waals surface area contributed by atoms with E-state index in [0.717, 1.165) is 16.7 Å². The van der Waals surface area contributed by atoms with Crippen molar-refractivity contribution in [2.45, 2.75) is 52.4 Å². The summed E-state index contributed by atoms with van der Waals surface area (Å²) < 4.78 is 33.7. The highest BCUT2D eigenvalue weighted by molar-refractivity contribution is 7.89. The lowest BCUT2D eigenvalue weighted by molar-refractivity contribution is -0.125. The van der Waals surface area contributed by atoms with Crippen LogP contribution >= 0.6 is 0 Å². The Kier molecular flexibility index (Phi) is 7.01. The number of nitrogens with one attached hydrogen (secondary N) is 1. The molecule has 8 heteroatoms. The van der Waals surface area contributed by atoms with E-state index in [1.54, 1.807) is 13.0 Å². The standard InChI is InChI=1S/C23H31N3O4S/c1-6-24-23(27)19-8-7-11-26(14-19)31(28,29)22-18(5)25-30-21(22)10-9-20-16(3)12-15(2)13-17(20)4/h9-10,12-13,19H,6-8,11,14H2,1-5H3,(H,24,27)/b10-9+. The summed E-state index contributed by atoms with van der Waals surface area (Å²) in [6.07, 6.45) is 4.86. The van der Waals surface area contributed by atoms with Gasteiger partial charge in [-0.1, -0.05) is 28.9 Å². The lowest BCUT2D eigenvalue weighted by Gasteiger charge is -2.31. The van der Waals surface area contributed by atoms with Crippen LogP contribution in [0.5, 0.6) is 0 Å². The fourth-order valence-electron chi connectivity index (χ4n) is 4.23. The maximum atomic E-state index is 13.5. The molecule has 1 aromatic heterocycles. The Morgan fingerprint density at radius 3 is 2.55 bits per heavy atom. The first-order valence-corrected chi connectivity index (χ1v) is 12.1. The van der Waals surface area contributed by atoms with Crippen LogP contribution in [0.2, 0.25) is 0 Å². The lowest BCUT2D eigenvalue weighted by atomic mass is 9.99. The fraction of sp³-hybridized carbons (Fsp3) is 0.478. The fourth-order valence-corrected chi connectivity index (χ4v) is 6.01. The minimum absolute atomic E-state index is 0.0720. The number of sulfonamides is 1. The van der Waals surface area contributed by atoms with Crippen LogP contribution in [0.4, 0.5) is 0 Å². The average Bonchev–Trinajstić information content (AvgIpc) is 3.08. The van der Waals surface area contributed by atoms with E-state index in [-0.39, 0.29) is 29.0 Å². The Balaban J connectivity index is 1.92. The molecule has 7 nitrogen and oxygen atoms in total. The molecule has 31 heavy (non-hydrogen) atoms. The first-order valence-electron chi connectivity index (χ1n) is 10.6. The van der Waals surface area contributed by atoms with Crippen molar-refractivity contribution in [2.24, 2.45) is 5.92 Å². The van der Waals surface area contributed by atoms with E-state index < -0.39 is 10.0 Å². The number of amides is 1. The summed E-state index contributed by atoms with van der Waals surface area (Å²) in [7, 11) is -3.85. The minimum atomic E-state index is -3.85. The zero-order chi connectivity index (χ0) is 22.8. The molecule has 2 heterocycles. The third-order valence-electron chi connectivity index (χ3n) is 5.68. The summed E-state index contributed by atoms with van der Waals surface area (Å²) in [5, 5.41) is 6.72. The van der Waals surface area contributed by atoms with Gasteiger partial charge in [0.05, 0.1) is 5.92 Å². The summed E-state index contributed by atoms with van der Waals surface area (Å²) in [5.41, 5.74) is 4.73. The molecule has 1 aromatic carbocycles. The Labute approximate surface area is 184 Å². The summed E-state index contributed by atoms with van der Waals surface area (Å²) >= 11 is 0. The van der Waals surface area contributed by atoms with Gasteiger partial charge in [0.1, 0.15) is 5.69 Å². The van der Waals surface area contributed by atoms with Crippen molar-refractivity contribution in [1.29, 1.82) is 0 Å². The van der Waals surface area contributed by atoms with Crippen LogP contribution in [0.1, 0.15) is 53.5 Å². The van der Waals surface area contributed by atoms with E-state index in [4.69, 9.17) is 4.52 Å². The predicted molar refractivity (Wildman–Crippen MR) is 121 cm³/mol. The number of carbonyl (C=O) groups excluding carboxylic acids is 1. The van der Waals surface area contributed by atoms with Crippen LogP contribution in [-0.4, -0.2) is 43.4 Å². The number of benzene rings is 1. The number of rotatable bonds is 6. The van der Waals surface area contributed by atoms with Gasteiger partial charge in [-0.2, -0.15) is 4.31 Å². The molecule has 1 atom stereocenters. The highest BCUT2D eigenvalue weighted by Gasteiger charge is 2.36. The van der Waals surface area contributed by atoms with Crippen molar-refractivity contribution in [3.05, 3.63) is 45.8 Å². The van der Waals surface area contributed by atoms with Gasteiger partial charge >= 0.3 is 0 Å². The number of aryl methyl sites for hydroxylation is 4. The van der Waals surface area contributed by atoms with E-state index in [1.807, 2.05) is 33.8 Å². The van der Waals surface area contributed by atoms with E-state index in [0.29, 0.717) is 31.6 Å². The molecule has 1 aliphatic rings. The summed E-state index contributed by atoms with van der Waals surface area (Å²) in [5.74, 6) is -0.243. The predicted octanol–water partition coefficient (Wildman–Crippen LogP) is 3.62. The van der Waals surface area contributed by atoms with E-state index >= 15 is 0 Å². The normalized spacial score (nSPS) is 17.9. The molecule has 1 fully saturated rings. The van der Waals surface area contributed by atoms with Gasteiger partial charge in [0.15, 0.2) is 10.7 Å². The van der Waals surface area contributed by atoms with Crippen LogP contribution in [0.25, 0.3) is 12.2 Å². The molecule has 1 amide bonds. The Morgan fingerprint density at radius 2 is 1.90 bits per heavy atom. The number of piperidine rings is 1. The maximum Gasteiger partial charge on any atom is 0.248 e. The third kappa shape index (κ3) is 4.91. The highest BCUT2D eigenvalue weighted by Crippen LogP contribution is 2.30. The third-order valence-corrected chi connectivity index (χ3v) is 7.70. The van der Waals surface area contributed by atoms with Gasteiger partial charge in [0, 0.05) is 19.6 Å². The molecule has 0 radical (unpaired) electrons. The molecule has 1 unspecified atom stereocenters. The molecule has 0 saturated carbocycles. The SMILES string of the molecule is CCNC(=O)C1CCCN(S(=O)(=O)c2c(C)noc2/C=C/c2c(C)cc(C)cc2C)C1. The van der Waals surface area contributed by atoms with Crippen molar-refractivity contribution in [2.75, 3.05) is 19.6 Å². The molecule has 2 aromatic rings. The van der Waals surface area contributed by atoms with Gasteiger partial charge in [-0.3, -0.25) is 4.79 Å². The van der Waals surface area contributed by atoms with Crippen LogP contribution in [0, 0.1) is 33.6 Å². The molecule has 0 spiro atoms. The monoisotopic (exact) mass is 445 g/mol. The zero-order valence-corrected chi connectivity index (χ0v) is 19.7. The van der Waals surface area contributed by atoms with E-state index in [9.17, 15) is 13.2 Å². The van der Waals surface area contributed by atoms with Crippen LogP contribution in [-0.2, 0) is 14.8 Å². The minimum Gasteiger partial charge on any atom is -0.356 e. The smallest absolute Gasteiger partial charge is 0.248 e. The topological polar surface area (TPSA) is 92.5 Å². The van der Waals surface area contributed by atoms with E-state index in [2.05, 4.69) is 22.6 Å². The largest absolute Gasteiger partial charge is 0.356 e. The van der Waals surface area contributed by atoms with Crippen molar-refractivity contribution in [3.63, 3.8) is 0 Å². The van der Waals surface area contributed by atoms with Gasteiger partial charge in [-0.25, -0.2) is 8.42 Å². The maximum absolute atomic E-state index is 13.5. The van der Waals surface area contributed by atoms with Crippen LogP contribution in [0.3, 0.4) is 0 Å². The van der Waals surface area contributed by atoms with E-state index in [1.165, 1.54) is 9.87 Å². The van der Waals surface area contributed by atoms with Crippen molar-refractivity contribution in [1.82, 2.24) is 14.8 Å². The van der Waals surface area contributed by atoms with Crippen molar-refractivity contribution in [3.8, 4) is 0 Å². The quantitative estimate of drug-likeness (QED) is 0.733. The number of aromatic nitrogens is 1. The van der Waals surface area contributed by atoms with Gasteiger partial charge < -0.3 is 9.84 Å². The van der Waals surface area contributed by atoms with Gasteiger partial charge in [-0.15, -0.1) is 0 Å². The van der Waals surface area contributed by atoms with Crippen LogP contribution < -0.4 is 5.32 Å². The molecule has 0 aliphatic carbocycles. The Hall–Kier alpha value is -2.45. The first kappa shape index (κ1) is 23.2. The summed E-state index contributed by atoms with van der Waals surface area (Å²) in [4.78, 5) is 12.3. The van der Waals surface area contributed by atoms with Gasteiger partial charge in [-0.05, 0) is 70.2 Å². The van der Waals surface area contributed by atoms with Gasteiger partial charge in [0.2, 0.25) is 15.9 Å². The summed E-state index contributed by atoms with van der Waals surface area (Å²) in [6.45, 7) is 10.6. The molecule has 0 bridgehead atoms. The van der Waals surface area contributed by atoms with Crippen molar-refractivity contribution >= 4 is 28.1 Å². The average molecular weight is 446 g/mol. The van der Waals surface area contributed by atoms with Gasteiger partial charge in [0.25, 0.3) is 0 Å². The Bertz CT molecular complexity index is 1080. The van der Waals surface area contributed by atoms with Crippen molar-refractivity contribution < 1.29 is 17.7 Å². The molecule has 168 valence electrons. The summed E-state index contributed by atoms with van der Waals surface area (Å²) in [6, 6.07) is 4.18. The zero-order valence-electron chi connectivity index (χ0n) is 18.9. The number of nitrogens with zero attached hydrogens (tertiary/aromatic N) is 2. The second-order valence-electron chi connectivity index (χ2n) is 8.20. The number of hydrogen-bond donors (Lipinski definition) is 1. The molecular weight excluding hydrogens is 414 g/mol. The molecule has 1 aliphatic heterocycles. The van der Waals surface area contributed by atoms with Crippen LogP contribution in [0.15, 0.2) is 21.6 Å².